The second kappa shape index (κ2) is 6.62. The fourth-order valence-electron chi connectivity index (χ4n) is 2.02. The number of nitrogens with zero attached hydrogens (tertiary/aromatic N) is 1. The van der Waals surface area contributed by atoms with Gasteiger partial charge < -0.3 is 10.1 Å². The van der Waals surface area contributed by atoms with Crippen molar-refractivity contribution < 1.29 is 19.1 Å². The lowest BCUT2D eigenvalue weighted by Gasteiger charge is -2.21. The van der Waals surface area contributed by atoms with E-state index in [-0.39, 0.29) is 11.7 Å². The zero-order chi connectivity index (χ0) is 17.2. The summed E-state index contributed by atoms with van der Waals surface area (Å²) in [7, 11) is 0. The van der Waals surface area contributed by atoms with Gasteiger partial charge in [0.15, 0.2) is 5.78 Å². The van der Waals surface area contributed by atoms with Crippen molar-refractivity contribution in [3.63, 3.8) is 0 Å². The van der Waals surface area contributed by atoms with E-state index in [1.807, 2.05) is 20.8 Å². The number of carbonyl (C=O) groups excluding carboxylic acids is 3. The molecule has 0 aliphatic carbocycles. The number of rotatable bonds is 3. The van der Waals surface area contributed by atoms with Gasteiger partial charge in [-0.25, -0.2) is 4.79 Å². The molecular formula is C16H20N2O4S. The molecule has 2 amide bonds. The molecule has 0 radical (unpaired) electrons. The van der Waals surface area contributed by atoms with E-state index in [4.69, 9.17) is 4.74 Å². The molecule has 0 aromatic heterocycles. The van der Waals surface area contributed by atoms with Gasteiger partial charge in [0.25, 0.3) is 5.91 Å². The fraction of sp³-hybridized carbons (Fsp3) is 0.438. The number of carbonyl (C=O) groups is 3. The number of nitrogens with one attached hydrogen (secondary N) is 1. The Morgan fingerprint density at radius 2 is 2.04 bits per heavy atom. The Hall–Kier alpha value is -2.02. The number of thioether (sulfide) groups is 1. The molecule has 1 aliphatic heterocycles. The summed E-state index contributed by atoms with van der Waals surface area (Å²) >= 11 is 1.23. The summed E-state index contributed by atoms with van der Waals surface area (Å²) in [5, 5.41) is 2.66. The number of ether oxygens (including phenoxy) is 1. The zero-order valence-electron chi connectivity index (χ0n) is 13.6. The monoisotopic (exact) mass is 336 g/mol. The quantitative estimate of drug-likeness (QED) is 0.859. The summed E-state index contributed by atoms with van der Waals surface area (Å²) in [6.45, 7) is 6.97. The van der Waals surface area contributed by atoms with Crippen LogP contribution in [0.1, 0.15) is 38.1 Å². The average molecular weight is 336 g/mol. The molecular weight excluding hydrogens is 316 g/mol. The Balaban J connectivity index is 2.06. The van der Waals surface area contributed by atoms with Gasteiger partial charge in [-0.2, -0.15) is 0 Å². The maximum atomic E-state index is 12.4. The Kier molecular flexibility index (Phi) is 4.99. The Morgan fingerprint density at radius 3 is 2.65 bits per heavy atom. The van der Waals surface area contributed by atoms with Crippen LogP contribution in [0.4, 0.5) is 10.5 Å². The Labute approximate surface area is 139 Å². The molecule has 7 heteroatoms. The van der Waals surface area contributed by atoms with Crippen LogP contribution in [0.3, 0.4) is 0 Å². The van der Waals surface area contributed by atoms with Gasteiger partial charge in [-0.1, -0.05) is 23.9 Å². The molecule has 2 rings (SSSR count). The van der Waals surface area contributed by atoms with Gasteiger partial charge in [-0.3, -0.25) is 14.5 Å². The molecule has 0 spiro atoms. The number of anilines is 1. The minimum absolute atomic E-state index is 0.0662. The number of Topliss-reactive ketones (excluding diaryl/α,β-unsaturated/α-hetero) is 1. The van der Waals surface area contributed by atoms with Crippen molar-refractivity contribution in [3.05, 3.63) is 29.8 Å². The highest BCUT2D eigenvalue weighted by molar-refractivity contribution is 8.01. The van der Waals surface area contributed by atoms with Crippen LogP contribution in [0, 0.1) is 0 Å². The van der Waals surface area contributed by atoms with Crippen molar-refractivity contribution in [2.24, 2.45) is 0 Å². The van der Waals surface area contributed by atoms with Crippen molar-refractivity contribution in [2.75, 3.05) is 10.8 Å². The van der Waals surface area contributed by atoms with Crippen LogP contribution in [0.25, 0.3) is 0 Å². The second-order valence-electron chi connectivity index (χ2n) is 6.28. The van der Waals surface area contributed by atoms with Gasteiger partial charge in [0.05, 0.1) is 5.88 Å². The topological polar surface area (TPSA) is 75.7 Å². The smallest absolute Gasteiger partial charge is 0.409 e. The molecule has 1 aliphatic rings. The van der Waals surface area contributed by atoms with Crippen LogP contribution in [0.2, 0.25) is 0 Å². The lowest BCUT2D eigenvalue weighted by molar-refractivity contribution is -0.122. The number of amides is 2. The zero-order valence-corrected chi connectivity index (χ0v) is 14.4. The van der Waals surface area contributed by atoms with Crippen LogP contribution < -0.4 is 10.2 Å². The van der Waals surface area contributed by atoms with E-state index < -0.39 is 17.1 Å². The molecule has 1 N–H and O–H groups in total. The predicted octanol–water partition coefficient (Wildman–Crippen LogP) is 2.78. The normalized spacial score (nSPS) is 18.0. The van der Waals surface area contributed by atoms with E-state index >= 15 is 0 Å². The molecule has 1 heterocycles. The molecule has 1 aromatic carbocycles. The molecule has 1 atom stereocenters. The number of alkyl carbamates (subject to hydrolysis) is 1. The van der Waals surface area contributed by atoms with Crippen molar-refractivity contribution in [2.45, 2.75) is 38.7 Å². The molecule has 23 heavy (non-hydrogen) atoms. The van der Waals surface area contributed by atoms with Crippen LogP contribution >= 0.6 is 11.8 Å². The molecule has 6 nitrogen and oxygen atoms in total. The standard InChI is InChI=1S/C16H20N2O4S/c1-10(19)11-6-5-7-12(8-11)18-9-23-14(13(18)20)22-15(21)17-16(2,3)4/h5-8,14H,9H2,1-4H3,(H,17,21). The molecule has 1 aromatic rings. The number of ketones is 1. The van der Waals surface area contributed by atoms with Gasteiger partial charge in [0, 0.05) is 16.8 Å². The highest BCUT2D eigenvalue weighted by atomic mass is 32.2. The Bertz CT molecular complexity index is 639. The lowest BCUT2D eigenvalue weighted by atomic mass is 10.1. The lowest BCUT2D eigenvalue weighted by Crippen LogP contribution is -2.43. The van der Waals surface area contributed by atoms with Crippen molar-refractivity contribution in [3.8, 4) is 0 Å². The highest BCUT2D eigenvalue weighted by Gasteiger charge is 2.37. The van der Waals surface area contributed by atoms with Crippen LogP contribution in [-0.4, -0.2) is 34.6 Å². The third-order valence-electron chi connectivity index (χ3n) is 3.08. The molecule has 124 valence electrons. The fourth-order valence-corrected chi connectivity index (χ4v) is 3.00. The van der Waals surface area contributed by atoms with Gasteiger partial charge in [0.1, 0.15) is 0 Å². The third-order valence-corrected chi connectivity index (χ3v) is 4.09. The number of benzene rings is 1. The highest BCUT2D eigenvalue weighted by Crippen LogP contribution is 2.30. The van der Waals surface area contributed by atoms with Gasteiger partial charge in [-0.05, 0) is 39.8 Å². The van der Waals surface area contributed by atoms with E-state index in [2.05, 4.69) is 5.32 Å². The minimum atomic E-state index is -0.877. The maximum absolute atomic E-state index is 12.4. The first kappa shape index (κ1) is 17.3. The first-order chi connectivity index (χ1) is 10.7. The predicted molar refractivity (Wildman–Crippen MR) is 89.5 cm³/mol. The van der Waals surface area contributed by atoms with E-state index in [9.17, 15) is 14.4 Å². The van der Waals surface area contributed by atoms with Gasteiger partial charge in [0.2, 0.25) is 5.44 Å². The second-order valence-corrected chi connectivity index (χ2v) is 7.30. The molecule has 1 fully saturated rings. The van der Waals surface area contributed by atoms with Crippen molar-refractivity contribution in [1.29, 1.82) is 0 Å². The van der Waals surface area contributed by atoms with Crippen LogP contribution in [-0.2, 0) is 9.53 Å². The van der Waals surface area contributed by atoms with Gasteiger partial charge in [-0.15, -0.1) is 0 Å². The summed E-state index contributed by atoms with van der Waals surface area (Å²) in [5.41, 5.74) is -0.148. The van der Waals surface area contributed by atoms with Crippen molar-refractivity contribution >= 4 is 35.2 Å². The van der Waals surface area contributed by atoms with E-state index in [1.165, 1.54) is 23.6 Å². The average Bonchev–Trinajstić information content (AvgIpc) is 2.78. The summed E-state index contributed by atoms with van der Waals surface area (Å²) in [6, 6.07) is 6.84. The van der Waals surface area contributed by atoms with E-state index in [0.29, 0.717) is 17.1 Å². The van der Waals surface area contributed by atoms with E-state index in [0.717, 1.165) is 0 Å². The Morgan fingerprint density at radius 1 is 1.35 bits per heavy atom. The largest absolute Gasteiger partial charge is 0.425 e. The van der Waals surface area contributed by atoms with Crippen LogP contribution in [0.15, 0.2) is 24.3 Å². The number of hydrogen-bond acceptors (Lipinski definition) is 5. The summed E-state index contributed by atoms with van der Waals surface area (Å²) in [5.74, 6) is -0.00327. The maximum Gasteiger partial charge on any atom is 0.409 e. The molecule has 1 unspecified atom stereocenters. The SMILES string of the molecule is CC(=O)c1cccc(N2CSC(OC(=O)NC(C)(C)C)C2=O)c1. The molecule has 0 bridgehead atoms. The minimum Gasteiger partial charge on any atom is -0.425 e. The molecule has 0 saturated carbocycles. The summed E-state index contributed by atoms with van der Waals surface area (Å²) < 4.78 is 5.18. The first-order valence-electron chi connectivity index (χ1n) is 7.20. The van der Waals surface area contributed by atoms with Crippen molar-refractivity contribution in [1.82, 2.24) is 5.32 Å². The number of hydrogen-bond donors (Lipinski definition) is 1. The first-order valence-corrected chi connectivity index (χ1v) is 8.25. The summed E-state index contributed by atoms with van der Waals surface area (Å²) in [6.07, 6.45) is -0.623. The van der Waals surface area contributed by atoms with Gasteiger partial charge >= 0.3 is 6.09 Å². The van der Waals surface area contributed by atoms with Crippen LogP contribution in [0.5, 0.6) is 0 Å². The summed E-state index contributed by atoms with van der Waals surface area (Å²) in [4.78, 5) is 37.1. The third kappa shape index (κ3) is 4.48. The van der Waals surface area contributed by atoms with E-state index in [1.54, 1.807) is 24.3 Å². The molecule has 1 saturated heterocycles.